The number of carbonyl (C=O) groups excluding carboxylic acids is 1. The molecule has 1 rings (SSSR count). The molecule has 2 nitrogen and oxygen atoms in total. The second-order valence-electron chi connectivity index (χ2n) is 3.80. The summed E-state index contributed by atoms with van der Waals surface area (Å²) in [4.78, 5) is 11.5. The molecule has 0 aliphatic rings. The molecule has 0 spiro atoms. The highest BCUT2D eigenvalue weighted by Gasteiger charge is 2.06. The van der Waals surface area contributed by atoms with E-state index < -0.39 is 0 Å². The van der Waals surface area contributed by atoms with E-state index in [9.17, 15) is 4.79 Å². The molecule has 1 aromatic rings. The van der Waals surface area contributed by atoms with E-state index in [1.807, 2.05) is 6.08 Å². The van der Waals surface area contributed by atoms with Crippen LogP contribution in [0.25, 0.3) is 0 Å². The number of ketones is 1. The molecule has 0 radical (unpaired) electrons. The first-order valence-corrected chi connectivity index (χ1v) is 4.87. The second kappa shape index (κ2) is 4.80. The number of hydrogen-bond acceptors (Lipinski definition) is 2. The van der Waals surface area contributed by atoms with E-state index in [-0.39, 0.29) is 5.78 Å². The van der Waals surface area contributed by atoms with E-state index in [1.165, 1.54) is 6.26 Å². The Hall–Kier alpha value is -1.31. The van der Waals surface area contributed by atoms with Gasteiger partial charge in [0.15, 0.2) is 5.76 Å². The van der Waals surface area contributed by atoms with Crippen molar-refractivity contribution in [3.05, 3.63) is 36.3 Å². The topological polar surface area (TPSA) is 30.2 Å². The lowest BCUT2D eigenvalue weighted by atomic mass is 9.97. The summed E-state index contributed by atoms with van der Waals surface area (Å²) in [5.41, 5.74) is 0. The van der Waals surface area contributed by atoms with Gasteiger partial charge in [0.1, 0.15) is 0 Å². The predicted octanol–water partition coefficient (Wildman–Crippen LogP) is 3.31. The van der Waals surface area contributed by atoms with Crippen molar-refractivity contribution in [3.8, 4) is 0 Å². The molecule has 76 valence electrons. The number of furan rings is 1. The monoisotopic (exact) mass is 192 g/mol. The van der Waals surface area contributed by atoms with Gasteiger partial charge in [-0.1, -0.05) is 26.8 Å². The highest BCUT2D eigenvalue weighted by molar-refractivity contribution is 6.02. The van der Waals surface area contributed by atoms with E-state index in [0.717, 1.165) is 0 Å². The van der Waals surface area contributed by atoms with Crippen LogP contribution in [0.3, 0.4) is 0 Å². The number of carbonyl (C=O) groups is 1. The SMILES string of the molecule is CC(C)[C@@H](C)/C=C/C(=O)c1ccco1. The van der Waals surface area contributed by atoms with Gasteiger partial charge in [-0.15, -0.1) is 0 Å². The van der Waals surface area contributed by atoms with Crippen molar-refractivity contribution in [2.75, 3.05) is 0 Å². The predicted molar refractivity (Wildman–Crippen MR) is 56.2 cm³/mol. The molecule has 0 saturated heterocycles. The van der Waals surface area contributed by atoms with Crippen molar-refractivity contribution in [1.82, 2.24) is 0 Å². The third kappa shape index (κ3) is 2.87. The molecule has 0 unspecified atom stereocenters. The van der Waals surface area contributed by atoms with E-state index in [2.05, 4.69) is 20.8 Å². The van der Waals surface area contributed by atoms with Gasteiger partial charge in [0.25, 0.3) is 0 Å². The minimum Gasteiger partial charge on any atom is -0.461 e. The summed E-state index contributed by atoms with van der Waals surface area (Å²) in [6.07, 6.45) is 5.02. The molecule has 0 N–H and O–H groups in total. The lowest BCUT2D eigenvalue weighted by Crippen LogP contribution is -2.01. The molecule has 0 fully saturated rings. The maximum Gasteiger partial charge on any atom is 0.220 e. The molecule has 0 aliphatic heterocycles. The summed E-state index contributed by atoms with van der Waals surface area (Å²) in [6, 6.07) is 3.39. The first kappa shape index (κ1) is 10.8. The summed E-state index contributed by atoms with van der Waals surface area (Å²) in [7, 11) is 0. The van der Waals surface area contributed by atoms with Crippen LogP contribution in [-0.4, -0.2) is 5.78 Å². The van der Waals surface area contributed by atoms with Gasteiger partial charge in [-0.05, 0) is 30.0 Å². The van der Waals surface area contributed by atoms with Gasteiger partial charge >= 0.3 is 0 Å². The maximum absolute atomic E-state index is 11.5. The molecule has 0 aromatic carbocycles. The van der Waals surface area contributed by atoms with Gasteiger partial charge < -0.3 is 4.42 Å². The molecular formula is C12H16O2. The fraction of sp³-hybridized carbons (Fsp3) is 0.417. The van der Waals surface area contributed by atoms with Crippen molar-refractivity contribution in [2.45, 2.75) is 20.8 Å². The minimum absolute atomic E-state index is 0.0671. The third-order valence-corrected chi connectivity index (χ3v) is 2.37. The molecule has 1 aromatic heterocycles. The second-order valence-corrected chi connectivity index (χ2v) is 3.80. The lowest BCUT2D eigenvalue weighted by molar-refractivity contribution is 0.102. The van der Waals surface area contributed by atoms with Gasteiger partial charge in [-0.2, -0.15) is 0 Å². The highest BCUT2D eigenvalue weighted by atomic mass is 16.3. The van der Waals surface area contributed by atoms with Gasteiger partial charge in [-0.25, -0.2) is 0 Å². The van der Waals surface area contributed by atoms with Crippen molar-refractivity contribution in [3.63, 3.8) is 0 Å². The Morgan fingerprint density at radius 2 is 2.14 bits per heavy atom. The molecule has 1 heterocycles. The van der Waals surface area contributed by atoms with Crippen LogP contribution in [0.4, 0.5) is 0 Å². The lowest BCUT2D eigenvalue weighted by Gasteiger charge is -2.08. The van der Waals surface area contributed by atoms with Crippen molar-refractivity contribution in [1.29, 1.82) is 0 Å². The summed E-state index contributed by atoms with van der Waals surface area (Å²) in [6.45, 7) is 6.36. The first-order chi connectivity index (χ1) is 6.61. The van der Waals surface area contributed by atoms with Crippen LogP contribution in [0.2, 0.25) is 0 Å². The van der Waals surface area contributed by atoms with Gasteiger partial charge in [0, 0.05) is 0 Å². The summed E-state index contributed by atoms with van der Waals surface area (Å²) < 4.78 is 4.99. The molecule has 0 amide bonds. The normalized spacial score (nSPS) is 13.7. The summed E-state index contributed by atoms with van der Waals surface area (Å²) >= 11 is 0. The third-order valence-electron chi connectivity index (χ3n) is 2.37. The largest absolute Gasteiger partial charge is 0.461 e. The smallest absolute Gasteiger partial charge is 0.220 e. The van der Waals surface area contributed by atoms with Crippen LogP contribution < -0.4 is 0 Å². The Morgan fingerprint density at radius 1 is 1.43 bits per heavy atom. The zero-order valence-corrected chi connectivity index (χ0v) is 8.86. The van der Waals surface area contributed by atoms with Crippen LogP contribution in [0, 0.1) is 11.8 Å². The van der Waals surface area contributed by atoms with E-state index in [0.29, 0.717) is 17.6 Å². The van der Waals surface area contributed by atoms with Crippen LogP contribution in [0.5, 0.6) is 0 Å². The van der Waals surface area contributed by atoms with Crippen LogP contribution in [0.15, 0.2) is 35.0 Å². The standard InChI is InChI=1S/C12H16O2/c1-9(2)10(3)6-7-11(13)12-5-4-8-14-12/h4-10H,1-3H3/b7-6+/t10-/m0/s1. The molecule has 0 saturated carbocycles. The van der Waals surface area contributed by atoms with Gasteiger partial charge in [0.05, 0.1) is 6.26 Å². The average Bonchev–Trinajstić information content (AvgIpc) is 2.66. The maximum atomic E-state index is 11.5. The molecule has 0 aliphatic carbocycles. The van der Waals surface area contributed by atoms with Crippen molar-refractivity contribution in [2.24, 2.45) is 11.8 Å². The Morgan fingerprint density at radius 3 is 2.64 bits per heavy atom. The van der Waals surface area contributed by atoms with Crippen molar-refractivity contribution >= 4 is 5.78 Å². The summed E-state index contributed by atoms with van der Waals surface area (Å²) in [5, 5.41) is 0. The number of hydrogen-bond donors (Lipinski definition) is 0. The Kier molecular flexibility index (Phi) is 3.69. The van der Waals surface area contributed by atoms with E-state index in [4.69, 9.17) is 4.42 Å². The molecule has 14 heavy (non-hydrogen) atoms. The summed E-state index contributed by atoms with van der Waals surface area (Å²) in [5.74, 6) is 1.30. The zero-order chi connectivity index (χ0) is 10.6. The minimum atomic E-state index is -0.0671. The quantitative estimate of drug-likeness (QED) is 0.541. The fourth-order valence-electron chi connectivity index (χ4n) is 0.962. The van der Waals surface area contributed by atoms with E-state index >= 15 is 0 Å². The van der Waals surface area contributed by atoms with Crippen molar-refractivity contribution < 1.29 is 9.21 Å². The molecule has 2 heteroatoms. The number of rotatable bonds is 4. The van der Waals surface area contributed by atoms with Crippen LogP contribution in [-0.2, 0) is 0 Å². The van der Waals surface area contributed by atoms with Gasteiger partial charge in [-0.3, -0.25) is 4.79 Å². The highest BCUT2D eigenvalue weighted by Crippen LogP contribution is 2.11. The van der Waals surface area contributed by atoms with Gasteiger partial charge in [0.2, 0.25) is 5.78 Å². The Bertz CT molecular complexity index is 307. The first-order valence-electron chi connectivity index (χ1n) is 4.87. The average molecular weight is 192 g/mol. The Balaban J connectivity index is 2.57. The Labute approximate surface area is 84.6 Å². The van der Waals surface area contributed by atoms with E-state index in [1.54, 1.807) is 18.2 Å². The molecular weight excluding hydrogens is 176 g/mol. The molecule has 0 bridgehead atoms. The zero-order valence-electron chi connectivity index (χ0n) is 8.86. The fourth-order valence-corrected chi connectivity index (χ4v) is 0.962. The van der Waals surface area contributed by atoms with Crippen LogP contribution >= 0.6 is 0 Å². The molecule has 1 atom stereocenters. The number of allylic oxidation sites excluding steroid dienone is 2. The van der Waals surface area contributed by atoms with Crippen LogP contribution in [0.1, 0.15) is 31.3 Å².